The highest BCUT2D eigenvalue weighted by molar-refractivity contribution is 4.91. The smallest absolute Gasteiger partial charge is 0.00200 e. The Hall–Kier alpha value is -0.160. The Balaban J connectivity index is 1.98. The Kier molecular flexibility index (Phi) is 10.3. The van der Waals surface area contributed by atoms with Crippen LogP contribution in [0.5, 0.6) is 0 Å². The molecule has 0 aliphatic heterocycles. The lowest BCUT2D eigenvalue weighted by Gasteiger charge is -2.42. The zero-order valence-electron chi connectivity index (χ0n) is 13.7. The third kappa shape index (κ3) is 7.58. The molecule has 4 heteroatoms. The van der Waals surface area contributed by atoms with E-state index < -0.39 is 0 Å². The number of nitrogens with one attached hydrogen (secondary N) is 4. The Labute approximate surface area is 125 Å². The predicted octanol–water partition coefficient (Wildman–Crippen LogP) is 1.34. The van der Waals surface area contributed by atoms with Crippen LogP contribution in [-0.2, 0) is 0 Å². The van der Waals surface area contributed by atoms with Crippen molar-refractivity contribution < 1.29 is 0 Å². The quantitative estimate of drug-likeness (QED) is 0.364. The maximum Gasteiger partial charge on any atom is 0.00200 e. The summed E-state index contributed by atoms with van der Waals surface area (Å²) in [6.45, 7) is 13.5. The monoisotopic (exact) mass is 284 g/mol. The SMILES string of the molecule is CCNCCCNCC1(CNCCCNCC)CCC1. The van der Waals surface area contributed by atoms with Crippen molar-refractivity contribution in [3.8, 4) is 0 Å². The fourth-order valence-electron chi connectivity index (χ4n) is 2.83. The highest BCUT2D eigenvalue weighted by Gasteiger charge is 2.35. The van der Waals surface area contributed by atoms with E-state index in [-0.39, 0.29) is 0 Å². The zero-order valence-corrected chi connectivity index (χ0v) is 13.7. The molecule has 0 saturated heterocycles. The van der Waals surface area contributed by atoms with Gasteiger partial charge in [-0.3, -0.25) is 0 Å². The molecule has 0 amide bonds. The van der Waals surface area contributed by atoms with E-state index in [0.717, 1.165) is 39.3 Å². The van der Waals surface area contributed by atoms with E-state index in [1.807, 2.05) is 0 Å². The van der Waals surface area contributed by atoms with Crippen LogP contribution < -0.4 is 21.3 Å². The molecule has 4 nitrogen and oxygen atoms in total. The molecule has 0 aromatic carbocycles. The molecule has 1 rings (SSSR count). The normalized spacial score (nSPS) is 17.1. The molecule has 0 unspecified atom stereocenters. The van der Waals surface area contributed by atoms with Crippen molar-refractivity contribution in [3.63, 3.8) is 0 Å². The van der Waals surface area contributed by atoms with Crippen molar-refractivity contribution in [1.82, 2.24) is 21.3 Å². The maximum absolute atomic E-state index is 3.66. The summed E-state index contributed by atoms with van der Waals surface area (Å²) in [4.78, 5) is 0. The first-order chi connectivity index (χ1) is 9.83. The second-order valence-electron chi connectivity index (χ2n) is 6.12. The number of hydrogen-bond acceptors (Lipinski definition) is 4. The molecule has 0 aromatic heterocycles. The molecule has 0 aromatic rings. The van der Waals surface area contributed by atoms with Gasteiger partial charge in [0.1, 0.15) is 0 Å². The first-order valence-corrected chi connectivity index (χ1v) is 8.66. The molecule has 0 spiro atoms. The van der Waals surface area contributed by atoms with E-state index in [2.05, 4.69) is 35.1 Å². The van der Waals surface area contributed by atoms with E-state index >= 15 is 0 Å². The Bertz CT molecular complexity index is 199. The minimum atomic E-state index is 0.552. The summed E-state index contributed by atoms with van der Waals surface area (Å²) in [7, 11) is 0. The Morgan fingerprint density at radius 3 is 1.50 bits per heavy atom. The van der Waals surface area contributed by atoms with Gasteiger partial charge in [0.2, 0.25) is 0 Å². The van der Waals surface area contributed by atoms with Gasteiger partial charge < -0.3 is 21.3 Å². The van der Waals surface area contributed by atoms with Gasteiger partial charge in [-0.1, -0.05) is 20.3 Å². The lowest BCUT2D eigenvalue weighted by atomic mass is 9.68. The van der Waals surface area contributed by atoms with Crippen LogP contribution in [0.15, 0.2) is 0 Å². The average Bonchev–Trinajstić information content (AvgIpc) is 2.42. The molecule has 0 radical (unpaired) electrons. The van der Waals surface area contributed by atoms with Gasteiger partial charge in [0.05, 0.1) is 0 Å². The van der Waals surface area contributed by atoms with Gasteiger partial charge in [0.25, 0.3) is 0 Å². The molecule has 0 heterocycles. The molecule has 120 valence electrons. The maximum atomic E-state index is 3.66. The summed E-state index contributed by atoms with van der Waals surface area (Å²) in [5.41, 5.74) is 0.552. The minimum absolute atomic E-state index is 0.552. The molecule has 1 saturated carbocycles. The van der Waals surface area contributed by atoms with Crippen LogP contribution in [0.2, 0.25) is 0 Å². The zero-order chi connectivity index (χ0) is 14.5. The molecule has 0 bridgehead atoms. The van der Waals surface area contributed by atoms with E-state index in [1.54, 1.807) is 0 Å². The largest absolute Gasteiger partial charge is 0.317 e. The topological polar surface area (TPSA) is 48.1 Å². The van der Waals surface area contributed by atoms with Gasteiger partial charge in [-0.15, -0.1) is 0 Å². The highest BCUT2D eigenvalue weighted by Crippen LogP contribution is 2.39. The molecular formula is C16H36N4. The van der Waals surface area contributed by atoms with Gasteiger partial charge in [-0.05, 0) is 70.4 Å². The van der Waals surface area contributed by atoms with E-state index in [1.165, 1.54) is 45.2 Å². The molecule has 20 heavy (non-hydrogen) atoms. The van der Waals surface area contributed by atoms with Gasteiger partial charge in [0.15, 0.2) is 0 Å². The standard InChI is InChI=1S/C16H36N4/c1-3-17-10-6-12-19-14-16(8-5-9-16)15-20-13-7-11-18-4-2/h17-20H,3-15H2,1-2H3. The van der Waals surface area contributed by atoms with Gasteiger partial charge >= 0.3 is 0 Å². The molecule has 0 atom stereocenters. The number of rotatable bonds is 14. The van der Waals surface area contributed by atoms with Crippen molar-refractivity contribution in [2.75, 3.05) is 52.4 Å². The van der Waals surface area contributed by atoms with Crippen LogP contribution in [0.3, 0.4) is 0 Å². The van der Waals surface area contributed by atoms with E-state index in [9.17, 15) is 0 Å². The van der Waals surface area contributed by atoms with E-state index in [0.29, 0.717) is 5.41 Å². The fraction of sp³-hybridized carbons (Fsp3) is 1.00. The van der Waals surface area contributed by atoms with Crippen molar-refractivity contribution in [1.29, 1.82) is 0 Å². The average molecular weight is 284 g/mol. The molecule has 1 aliphatic rings. The van der Waals surface area contributed by atoms with Crippen molar-refractivity contribution in [3.05, 3.63) is 0 Å². The lowest BCUT2D eigenvalue weighted by Crippen LogP contribution is -2.47. The summed E-state index contributed by atoms with van der Waals surface area (Å²) < 4.78 is 0. The molecular weight excluding hydrogens is 248 g/mol. The fourth-order valence-corrected chi connectivity index (χ4v) is 2.83. The van der Waals surface area contributed by atoms with E-state index in [4.69, 9.17) is 0 Å². The van der Waals surface area contributed by atoms with Gasteiger partial charge in [0, 0.05) is 13.1 Å². The summed E-state index contributed by atoms with van der Waals surface area (Å²) in [6, 6.07) is 0. The molecule has 4 N–H and O–H groups in total. The predicted molar refractivity (Wildman–Crippen MR) is 88.3 cm³/mol. The summed E-state index contributed by atoms with van der Waals surface area (Å²) in [6.07, 6.45) is 6.68. The van der Waals surface area contributed by atoms with Crippen molar-refractivity contribution in [2.24, 2.45) is 5.41 Å². The Morgan fingerprint density at radius 2 is 1.15 bits per heavy atom. The van der Waals surface area contributed by atoms with Crippen LogP contribution >= 0.6 is 0 Å². The summed E-state index contributed by atoms with van der Waals surface area (Å²) in [5.74, 6) is 0. The molecule has 1 aliphatic carbocycles. The first kappa shape index (κ1) is 17.9. The van der Waals surface area contributed by atoms with Crippen LogP contribution in [0, 0.1) is 5.41 Å². The third-order valence-corrected chi connectivity index (χ3v) is 4.33. The van der Waals surface area contributed by atoms with Gasteiger partial charge in [-0.2, -0.15) is 0 Å². The third-order valence-electron chi connectivity index (χ3n) is 4.33. The Morgan fingerprint density at radius 1 is 0.700 bits per heavy atom. The van der Waals surface area contributed by atoms with Crippen LogP contribution in [0.4, 0.5) is 0 Å². The summed E-state index contributed by atoms with van der Waals surface area (Å²) in [5, 5.41) is 14.1. The van der Waals surface area contributed by atoms with Gasteiger partial charge in [-0.25, -0.2) is 0 Å². The van der Waals surface area contributed by atoms with Crippen LogP contribution in [0.25, 0.3) is 0 Å². The molecule has 1 fully saturated rings. The highest BCUT2D eigenvalue weighted by atomic mass is 14.9. The van der Waals surface area contributed by atoms with Crippen LogP contribution in [-0.4, -0.2) is 52.4 Å². The first-order valence-electron chi connectivity index (χ1n) is 8.66. The van der Waals surface area contributed by atoms with Crippen molar-refractivity contribution >= 4 is 0 Å². The van der Waals surface area contributed by atoms with Crippen LogP contribution in [0.1, 0.15) is 46.0 Å². The second-order valence-corrected chi connectivity index (χ2v) is 6.12. The minimum Gasteiger partial charge on any atom is -0.317 e. The summed E-state index contributed by atoms with van der Waals surface area (Å²) >= 11 is 0. The van der Waals surface area contributed by atoms with Crippen molar-refractivity contribution in [2.45, 2.75) is 46.0 Å². The number of hydrogen-bond donors (Lipinski definition) is 4. The lowest BCUT2D eigenvalue weighted by molar-refractivity contribution is 0.127. The second kappa shape index (κ2) is 11.5.